The van der Waals surface area contributed by atoms with Gasteiger partial charge < -0.3 is 0 Å². The molecule has 0 saturated carbocycles. The van der Waals surface area contributed by atoms with Crippen molar-refractivity contribution in [1.82, 2.24) is 8.96 Å². The first kappa shape index (κ1) is 20.8. The Kier molecular flexibility index (Phi) is 4.83. The predicted octanol–water partition coefficient (Wildman–Crippen LogP) is 6.96. The molecule has 0 aliphatic carbocycles. The van der Waals surface area contributed by atoms with Gasteiger partial charge in [0.15, 0.2) is 0 Å². The Hall–Kier alpha value is -3.81. The number of halogens is 1. The fraction of sp³-hybridized carbons (Fsp3) is 0. The minimum absolute atomic E-state index is 0.165. The smallest absolute Gasteiger partial charge is 0.240 e. The average Bonchev–Trinajstić information content (AvgIpc) is 3.49. The predicted molar refractivity (Wildman–Crippen MR) is 135 cm³/mol. The monoisotopic (exact) mass is 484 g/mol. The molecular weight excluding hydrogens is 467 g/mol. The van der Waals surface area contributed by atoms with Gasteiger partial charge in [0.2, 0.25) is 0 Å². The number of rotatable bonds is 4. The van der Waals surface area contributed by atoms with Crippen LogP contribution in [-0.2, 0) is 10.0 Å². The van der Waals surface area contributed by atoms with Gasteiger partial charge in [0.1, 0.15) is 10.8 Å². The van der Waals surface area contributed by atoms with Crippen LogP contribution in [0.2, 0.25) is 0 Å². The molecule has 6 rings (SSSR count). The fourth-order valence-corrected chi connectivity index (χ4v) is 6.34. The average molecular weight is 485 g/mol. The molecule has 166 valence electrons. The van der Waals surface area contributed by atoms with Gasteiger partial charge in [-0.15, -0.1) is 11.3 Å². The highest BCUT2D eigenvalue weighted by atomic mass is 32.2. The van der Waals surface area contributed by atoms with Crippen molar-refractivity contribution in [3.8, 4) is 21.8 Å². The highest BCUT2D eigenvalue weighted by Crippen LogP contribution is 2.36. The molecule has 0 aliphatic heterocycles. The Balaban J connectivity index is 1.51. The Labute approximate surface area is 199 Å². The maximum absolute atomic E-state index is 14.2. The topological polar surface area (TPSA) is 52.0 Å². The maximum Gasteiger partial charge on any atom is 0.268 e. The fourth-order valence-electron chi connectivity index (χ4n) is 4.13. The molecule has 0 N–H and O–H groups in total. The molecule has 0 saturated heterocycles. The van der Waals surface area contributed by atoms with Gasteiger partial charge in [-0.05, 0) is 47.2 Å². The summed E-state index contributed by atoms with van der Waals surface area (Å²) in [5.41, 5.74) is 2.55. The van der Waals surface area contributed by atoms with E-state index in [1.807, 2.05) is 23.6 Å². The number of thiazole rings is 1. The van der Waals surface area contributed by atoms with Crippen molar-refractivity contribution in [2.45, 2.75) is 4.90 Å². The van der Waals surface area contributed by atoms with E-state index in [4.69, 9.17) is 4.98 Å². The summed E-state index contributed by atoms with van der Waals surface area (Å²) in [7, 11) is -3.87. The zero-order valence-corrected chi connectivity index (χ0v) is 19.4. The quantitative estimate of drug-likeness (QED) is 0.272. The molecule has 34 heavy (non-hydrogen) atoms. The van der Waals surface area contributed by atoms with E-state index in [9.17, 15) is 12.8 Å². The van der Waals surface area contributed by atoms with Crippen molar-refractivity contribution in [1.29, 1.82) is 0 Å². The highest BCUT2D eigenvalue weighted by Gasteiger charge is 2.23. The van der Waals surface area contributed by atoms with Crippen LogP contribution in [0.15, 0.2) is 107 Å². The lowest BCUT2D eigenvalue weighted by Crippen LogP contribution is -2.11. The molecule has 0 bridgehead atoms. The number of benzene rings is 4. The van der Waals surface area contributed by atoms with Crippen molar-refractivity contribution in [3.05, 3.63) is 108 Å². The lowest BCUT2D eigenvalue weighted by Gasteiger charge is -2.07. The molecule has 2 aromatic heterocycles. The van der Waals surface area contributed by atoms with E-state index in [2.05, 4.69) is 24.3 Å². The summed E-state index contributed by atoms with van der Waals surface area (Å²) in [4.78, 5) is 4.96. The molecule has 0 fully saturated rings. The first-order valence-electron chi connectivity index (χ1n) is 10.6. The van der Waals surface area contributed by atoms with Crippen LogP contribution < -0.4 is 0 Å². The molecule has 0 unspecified atom stereocenters. The Morgan fingerprint density at radius 2 is 1.59 bits per heavy atom. The first-order chi connectivity index (χ1) is 16.5. The van der Waals surface area contributed by atoms with Gasteiger partial charge in [-0.2, -0.15) is 0 Å². The number of fused-ring (bicyclic) bond motifs is 2. The van der Waals surface area contributed by atoms with Gasteiger partial charge in [-0.1, -0.05) is 54.6 Å². The van der Waals surface area contributed by atoms with Gasteiger partial charge in [-0.25, -0.2) is 21.8 Å². The van der Waals surface area contributed by atoms with Crippen LogP contribution in [0.5, 0.6) is 0 Å². The van der Waals surface area contributed by atoms with E-state index in [-0.39, 0.29) is 4.90 Å². The summed E-state index contributed by atoms with van der Waals surface area (Å²) >= 11 is 1.47. The van der Waals surface area contributed by atoms with Crippen molar-refractivity contribution in [2.75, 3.05) is 0 Å². The van der Waals surface area contributed by atoms with Crippen molar-refractivity contribution in [2.24, 2.45) is 0 Å². The molecule has 6 aromatic rings. The van der Waals surface area contributed by atoms with Gasteiger partial charge >= 0.3 is 0 Å². The lowest BCUT2D eigenvalue weighted by molar-refractivity contribution is 0.589. The third kappa shape index (κ3) is 3.41. The van der Waals surface area contributed by atoms with Crippen molar-refractivity contribution in [3.63, 3.8) is 0 Å². The van der Waals surface area contributed by atoms with E-state index in [1.54, 1.807) is 30.3 Å². The van der Waals surface area contributed by atoms with Crippen LogP contribution in [0.4, 0.5) is 4.39 Å². The SMILES string of the molecule is O=S(=O)(c1ccccc1)n1cc(-c2csc(-c3ccc4ccccc4c3)n2)c2cc(F)ccc21. The van der Waals surface area contributed by atoms with Crippen molar-refractivity contribution < 1.29 is 12.8 Å². The molecule has 7 heteroatoms. The second-order valence-electron chi connectivity index (χ2n) is 7.92. The van der Waals surface area contributed by atoms with Crippen molar-refractivity contribution >= 4 is 43.0 Å². The van der Waals surface area contributed by atoms with Gasteiger partial charge in [0.25, 0.3) is 10.0 Å². The zero-order valence-electron chi connectivity index (χ0n) is 17.7. The van der Waals surface area contributed by atoms with E-state index >= 15 is 0 Å². The molecule has 0 amide bonds. The Morgan fingerprint density at radius 3 is 2.41 bits per heavy atom. The Morgan fingerprint density at radius 1 is 0.824 bits per heavy atom. The van der Waals surface area contributed by atoms with Crippen LogP contribution >= 0.6 is 11.3 Å². The van der Waals surface area contributed by atoms with Crippen LogP contribution in [0.25, 0.3) is 43.5 Å². The normalized spacial score (nSPS) is 11.9. The zero-order chi connectivity index (χ0) is 23.3. The molecule has 4 aromatic carbocycles. The molecular formula is C27H17FN2O2S2. The summed E-state index contributed by atoms with van der Waals surface area (Å²) < 4.78 is 42.2. The van der Waals surface area contributed by atoms with Gasteiger partial charge in [-0.3, -0.25) is 0 Å². The van der Waals surface area contributed by atoms with E-state index in [0.29, 0.717) is 22.2 Å². The van der Waals surface area contributed by atoms with E-state index in [1.165, 1.54) is 39.7 Å². The standard InChI is InChI=1S/C27H17FN2O2S2/c28-21-12-13-26-23(15-21)24(16-30(26)34(31,32)22-8-2-1-3-9-22)25-17-33-27(29-25)20-11-10-18-6-4-5-7-19(18)14-20/h1-17H. The Bertz CT molecular complexity index is 1790. The van der Waals surface area contributed by atoms with Crippen LogP contribution in [0.1, 0.15) is 0 Å². The summed E-state index contributed by atoms with van der Waals surface area (Å²) in [6.07, 6.45) is 1.53. The number of hydrogen-bond donors (Lipinski definition) is 0. The second kappa shape index (κ2) is 7.90. The summed E-state index contributed by atoms with van der Waals surface area (Å²) in [5.74, 6) is -0.436. The number of nitrogens with zero attached hydrogens (tertiary/aromatic N) is 2. The third-order valence-corrected chi connectivity index (χ3v) is 8.39. The molecule has 4 nitrogen and oxygen atoms in total. The maximum atomic E-state index is 14.2. The molecule has 2 heterocycles. The molecule has 0 aliphatic rings. The van der Waals surface area contributed by atoms with Gasteiger partial charge in [0, 0.05) is 28.1 Å². The third-order valence-electron chi connectivity index (χ3n) is 5.81. The first-order valence-corrected chi connectivity index (χ1v) is 12.9. The number of aromatic nitrogens is 2. The largest absolute Gasteiger partial charge is 0.268 e. The van der Waals surface area contributed by atoms with Crippen LogP contribution in [0, 0.1) is 5.82 Å². The molecule has 0 spiro atoms. The van der Waals surface area contributed by atoms with E-state index < -0.39 is 15.8 Å². The summed E-state index contributed by atoms with van der Waals surface area (Å²) in [6, 6.07) is 26.6. The second-order valence-corrected chi connectivity index (χ2v) is 10.6. The van der Waals surface area contributed by atoms with E-state index in [0.717, 1.165) is 21.3 Å². The molecule has 0 radical (unpaired) electrons. The highest BCUT2D eigenvalue weighted by molar-refractivity contribution is 7.90. The minimum Gasteiger partial charge on any atom is -0.240 e. The summed E-state index contributed by atoms with van der Waals surface area (Å²) in [6.45, 7) is 0. The van der Waals surface area contributed by atoms with Gasteiger partial charge in [0.05, 0.1) is 16.1 Å². The lowest BCUT2D eigenvalue weighted by atomic mass is 10.1. The minimum atomic E-state index is -3.87. The van der Waals surface area contributed by atoms with Crippen LogP contribution in [0.3, 0.4) is 0 Å². The molecule has 0 atom stereocenters. The summed E-state index contributed by atoms with van der Waals surface area (Å²) in [5, 5.41) is 5.44. The van der Waals surface area contributed by atoms with Crippen LogP contribution in [-0.4, -0.2) is 17.4 Å². The number of hydrogen-bond acceptors (Lipinski definition) is 4.